The third-order valence-corrected chi connectivity index (χ3v) is 3.98. The molecule has 11 nitrogen and oxygen atoms in total. The van der Waals surface area contributed by atoms with Crippen molar-refractivity contribution in [2.75, 3.05) is 92.4 Å². The first-order chi connectivity index (χ1) is 15.6. The smallest absolute Gasteiger partial charge is 0.308 e. The van der Waals surface area contributed by atoms with Crippen molar-refractivity contribution in [1.82, 2.24) is 4.90 Å². The van der Waals surface area contributed by atoms with E-state index in [2.05, 4.69) is 0 Å². The first kappa shape index (κ1) is 28.1. The van der Waals surface area contributed by atoms with E-state index in [4.69, 9.17) is 33.2 Å². The highest BCUT2D eigenvalue weighted by Crippen LogP contribution is 2.02. The normalized spacial score (nSPS) is 13.3. The summed E-state index contributed by atoms with van der Waals surface area (Å²) in [4.78, 5) is 34.9. The van der Waals surface area contributed by atoms with Gasteiger partial charge in [-0.3, -0.25) is 19.3 Å². The van der Waals surface area contributed by atoms with E-state index in [9.17, 15) is 14.4 Å². The molecule has 0 spiro atoms. The monoisotopic (exact) mass is 461 g/mol. The van der Waals surface area contributed by atoms with Crippen molar-refractivity contribution in [3.8, 4) is 0 Å². The summed E-state index contributed by atoms with van der Waals surface area (Å²) in [6, 6.07) is 0. The van der Waals surface area contributed by atoms with Gasteiger partial charge in [0.15, 0.2) is 0 Å². The Kier molecular flexibility index (Phi) is 17.4. The molecule has 0 saturated heterocycles. The maximum absolute atomic E-state index is 11.3. The van der Waals surface area contributed by atoms with E-state index in [0.29, 0.717) is 79.3 Å². The Hall–Kier alpha value is -1.89. The molecular weight excluding hydrogens is 426 g/mol. The van der Waals surface area contributed by atoms with Gasteiger partial charge in [0.25, 0.3) is 11.8 Å². The molecule has 1 heterocycles. The summed E-state index contributed by atoms with van der Waals surface area (Å²) < 4.78 is 36.9. The Morgan fingerprint density at radius 1 is 0.656 bits per heavy atom. The second-order valence-electron chi connectivity index (χ2n) is 6.39. The standard InChI is InChI=1S/C21H35NO10/c1-2-32-21(25)5-7-26-9-11-28-13-15-30-17-18-31-16-14-29-12-10-27-8-6-22-19(23)3-4-20(22)24/h3-4H,2,5-18H2,1H3. The predicted molar refractivity (Wildman–Crippen MR) is 112 cm³/mol. The van der Waals surface area contributed by atoms with Crippen molar-refractivity contribution in [3.63, 3.8) is 0 Å². The SMILES string of the molecule is CCOC(=O)CCOCCOCCOCCOCCOCCOCCN1C(=O)C=CC1=O. The van der Waals surface area contributed by atoms with Crippen LogP contribution in [0.25, 0.3) is 0 Å². The van der Waals surface area contributed by atoms with Crippen LogP contribution in [-0.2, 0) is 47.5 Å². The van der Waals surface area contributed by atoms with Gasteiger partial charge >= 0.3 is 5.97 Å². The average Bonchev–Trinajstić information content (AvgIpc) is 3.10. The van der Waals surface area contributed by atoms with Gasteiger partial charge in [0.2, 0.25) is 0 Å². The molecule has 2 amide bonds. The lowest BCUT2D eigenvalue weighted by Gasteiger charge is -2.13. The number of carbonyl (C=O) groups excluding carboxylic acids is 3. The van der Waals surface area contributed by atoms with Crippen LogP contribution in [0.3, 0.4) is 0 Å². The molecule has 0 aromatic carbocycles. The first-order valence-corrected chi connectivity index (χ1v) is 10.8. The molecule has 0 aliphatic carbocycles. The van der Waals surface area contributed by atoms with E-state index in [-0.39, 0.29) is 37.4 Å². The Labute approximate surface area is 188 Å². The molecule has 1 aliphatic heterocycles. The molecule has 1 rings (SSSR count). The molecule has 1 aliphatic rings. The fraction of sp³-hybridized carbons (Fsp3) is 0.762. The van der Waals surface area contributed by atoms with Crippen LogP contribution in [-0.4, -0.2) is 115 Å². The maximum atomic E-state index is 11.3. The van der Waals surface area contributed by atoms with Crippen LogP contribution in [0.15, 0.2) is 12.2 Å². The molecule has 0 unspecified atom stereocenters. The molecule has 11 heteroatoms. The highest BCUT2D eigenvalue weighted by atomic mass is 16.6. The number of carbonyl (C=O) groups is 3. The molecule has 184 valence electrons. The van der Waals surface area contributed by atoms with E-state index in [1.807, 2.05) is 0 Å². The van der Waals surface area contributed by atoms with Gasteiger partial charge < -0.3 is 33.2 Å². The highest BCUT2D eigenvalue weighted by molar-refractivity contribution is 6.12. The summed E-state index contributed by atoms with van der Waals surface area (Å²) in [5.41, 5.74) is 0. The van der Waals surface area contributed by atoms with Crippen LogP contribution in [0.2, 0.25) is 0 Å². The Bertz CT molecular complexity index is 537. The van der Waals surface area contributed by atoms with Crippen LogP contribution < -0.4 is 0 Å². The van der Waals surface area contributed by atoms with E-state index < -0.39 is 0 Å². The van der Waals surface area contributed by atoms with Gasteiger partial charge in [0.05, 0.1) is 98.9 Å². The summed E-state index contributed by atoms with van der Waals surface area (Å²) in [6.07, 6.45) is 2.75. The molecule has 0 aromatic rings. The van der Waals surface area contributed by atoms with Crippen molar-refractivity contribution < 1.29 is 47.5 Å². The largest absolute Gasteiger partial charge is 0.466 e. The van der Waals surface area contributed by atoms with Crippen LogP contribution in [0.5, 0.6) is 0 Å². The third-order valence-electron chi connectivity index (χ3n) is 3.98. The van der Waals surface area contributed by atoms with Gasteiger partial charge in [-0.25, -0.2) is 0 Å². The average molecular weight is 462 g/mol. The fourth-order valence-electron chi connectivity index (χ4n) is 2.40. The first-order valence-electron chi connectivity index (χ1n) is 10.8. The summed E-state index contributed by atoms with van der Waals surface area (Å²) in [5, 5.41) is 0. The number of esters is 1. The van der Waals surface area contributed by atoms with Crippen molar-refractivity contribution in [2.45, 2.75) is 13.3 Å². The van der Waals surface area contributed by atoms with Gasteiger partial charge in [-0.15, -0.1) is 0 Å². The summed E-state index contributed by atoms with van der Waals surface area (Å²) in [6.45, 7) is 7.37. The molecule has 0 radical (unpaired) electrons. The zero-order valence-corrected chi connectivity index (χ0v) is 18.8. The molecule has 0 bridgehead atoms. The Balaban J connectivity index is 1.70. The van der Waals surface area contributed by atoms with Crippen molar-refractivity contribution in [1.29, 1.82) is 0 Å². The number of rotatable bonds is 22. The lowest BCUT2D eigenvalue weighted by atomic mass is 10.5. The van der Waals surface area contributed by atoms with Crippen LogP contribution >= 0.6 is 0 Å². The molecule has 0 N–H and O–H groups in total. The number of ether oxygens (including phenoxy) is 7. The minimum Gasteiger partial charge on any atom is -0.466 e. The number of amides is 2. The predicted octanol–water partition coefficient (Wildman–Crippen LogP) is -0.0358. The summed E-state index contributed by atoms with van der Waals surface area (Å²) >= 11 is 0. The number of hydrogen-bond acceptors (Lipinski definition) is 10. The summed E-state index contributed by atoms with van der Waals surface area (Å²) in [5.74, 6) is -0.875. The minimum atomic E-state index is -0.308. The number of hydrogen-bond donors (Lipinski definition) is 0. The van der Waals surface area contributed by atoms with Crippen LogP contribution in [0.4, 0.5) is 0 Å². The molecule has 0 aromatic heterocycles. The molecule has 0 saturated carbocycles. The molecule has 0 atom stereocenters. The van der Waals surface area contributed by atoms with Crippen molar-refractivity contribution >= 4 is 17.8 Å². The second kappa shape index (κ2) is 19.8. The van der Waals surface area contributed by atoms with Gasteiger partial charge in [-0.05, 0) is 6.92 Å². The van der Waals surface area contributed by atoms with Gasteiger partial charge in [0.1, 0.15) is 0 Å². The van der Waals surface area contributed by atoms with E-state index in [1.165, 1.54) is 12.2 Å². The van der Waals surface area contributed by atoms with E-state index in [1.54, 1.807) is 6.92 Å². The lowest BCUT2D eigenvalue weighted by molar-refractivity contribution is -0.144. The van der Waals surface area contributed by atoms with Crippen LogP contribution in [0.1, 0.15) is 13.3 Å². The van der Waals surface area contributed by atoms with E-state index in [0.717, 1.165) is 4.90 Å². The topological polar surface area (TPSA) is 119 Å². The molecule has 32 heavy (non-hydrogen) atoms. The Morgan fingerprint density at radius 3 is 1.44 bits per heavy atom. The third kappa shape index (κ3) is 15.0. The fourth-order valence-corrected chi connectivity index (χ4v) is 2.40. The Morgan fingerprint density at radius 2 is 1.03 bits per heavy atom. The van der Waals surface area contributed by atoms with E-state index >= 15 is 0 Å². The van der Waals surface area contributed by atoms with Crippen LogP contribution in [0, 0.1) is 0 Å². The number of nitrogens with zero attached hydrogens (tertiary/aromatic N) is 1. The quantitative estimate of drug-likeness (QED) is 0.123. The lowest BCUT2D eigenvalue weighted by Crippen LogP contribution is -2.33. The van der Waals surface area contributed by atoms with Gasteiger partial charge in [-0.2, -0.15) is 0 Å². The van der Waals surface area contributed by atoms with Gasteiger partial charge in [0, 0.05) is 12.2 Å². The number of imide groups is 1. The molecule has 0 fully saturated rings. The highest BCUT2D eigenvalue weighted by Gasteiger charge is 2.22. The van der Waals surface area contributed by atoms with Crippen molar-refractivity contribution in [3.05, 3.63) is 12.2 Å². The maximum Gasteiger partial charge on any atom is 0.308 e. The van der Waals surface area contributed by atoms with Crippen molar-refractivity contribution in [2.24, 2.45) is 0 Å². The minimum absolute atomic E-state index is 0.240. The molecular formula is C21H35NO10. The van der Waals surface area contributed by atoms with Gasteiger partial charge in [-0.1, -0.05) is 0 Å². The zero-order chi connectivity index (χ0) is 23.3. The second-order valence-corrected chi connectivity index (χ2v) is 6.39. The zero-order valence-electron chi connectivity index (χ0n) is 18.8. The summed E-state index contributed by atoms with van der Waals surface area (Å²) in [7, 11) is 0.